The Hall–Kier alpha value is -2.32. The number of H-pyrrole nitrogens is 1. The SMILES string of the molecule is COc1cc(-c2[nH+]cccc2O)cc(S(=O)(=O)[O-])c1OC. The van der Waals surface area contributed by atoms with Crippen LogP contribution in [0.4, 0.5) is 0 Å². The summed E-state index contributed by atoms with van der Waals surface area (Å²) in [6, 6.07) is 5.58. The van der Waals surface area contributed by atoms with Crippen LogP contribution in [0.15, 0.2) is 35.4 Å². The van der Waals surface area contributed by atoms with Crippen LogP contribution in [0.2, 0.25) is 0 Å². The number of aromatic amines is 1. The van der Waals surface area contributed by atoms with Crippen LogP contribution in [-0.2, 0) is 10.1 Å². The van der Waals surface area contributed by atoms with Crippen molar-refractivity contribution >= 4 is 10.1 Å². The van der Waals surface area contributed by atoms with Crippen LogP contribution < -0.4 is 14.5 Å². The van der Waals surface area contributed by atoms with E-state index in [1.807, 2.05) is 0 Å². The lowest BCUT2D eigenvalue weighted by Gasteiger charge is -2.16. The van der Waals surface area contributed by atoms with Crippen molar-refractivity contribution in [2.24, 2.45) is 0 Å². The molecule has 0 unspecified atom stereocenters. The van der Waals surface area contributed by atoms with E-state index in [2.05, 4.69) is 4.98 Å². The molecule has 2 N–H and O–H groups in total. The van der Waals surface area contributed by atoms with Crippen LogP contribution in [-0.4, -0.2) is 32.3 Å². The van der Waals surface area contributed by atoms with Crippen LogP contribution >= 0.6 is 0 Å². The topological polar surface area (TPSA) is 110 Å². The average Bonchev–Trinajstić information content (AvgIpc) is 2.45. The van der Waals surface area contributed by atoms with Crippen LogP contribution in [0.25, 0.3) is 11.3 Å². The molecule has 0 atom stereocenters. The molecule has 1 aromatic heterocycles. The molecule has 1 aromatic carbocycles. The molecule has 0 aliphatic heterocycles. The van der Waals surface area contributed by atoms with Gasteiger partial charge in [0.15, 0.2) is 23.4 Å². The molecule has 2 rings (SSSR count). The fourth-order valence-corrected chi connectivity index (χ4v) is 2.60. The van der Waals surface area contributed by atoms with E-state index in [-0.39, 0.29) is 28.5 Å². The number of aromatic nitrogens is 1. The van der Waals surface area contributed by atoms with E-state index < -0.39 is 15.0 Å². The van der Waals surface area contributed by atoms with E-state index in [4.69, 9.17) is 9.47 Å². The average molecular weight is 311 g/mol. The first kappa shape index (κ1) is 15.1. The maximum atomic E-state index is 11.4. The number of ether oxygens (including phenoxy) is 2. The van der Waals surface area contributed by atoms with Crippen LogP contribution in [0, 0.1) is 0 Å². The maximum absolute atomic E-state index is 11.4. The Morgan fingerprint density at radius 1 is 1.24 bits per heavy atom. The standard InChI is InChI=1S/C13H13NO6S/c1-19-10-6-8(12-9(15)4-3-5-14-12)7-11(13(10)20-2)21(16,17)18/h3-7,15H,1-2H3,(H,16,17,18). The third-order valence-corrected chi connectivity index (χ3v) is 3.68. The Labute approximate surface area is 121 Å². The molecule has 0 amide bonds. The van der Waals surface area contributed by atoms with Gasteiger partial charge in [0.1, 0.15) is 15.0 Å². The molecule has 7 nitrogen and oxygen atoms in total. The molecule has 0 spiro atoms. The van der Waals surface area contributed by atoms with Gasteiger partial charge in [0.25, 0.3) is 5.69 Å². The summed E-state index contributed by atoms with van der Waals surface area (Å²) >= 11 is 0. The van der Waals surface area contributed by atoms with E-state index in [9.17, 15) is 18.1 Å². The smallest absolute Gasteiger partial charge is 0.253 e. The molecule has 8 heteroatoms. The fraction of sp³-hybridized carbons (Fsp3) is 0.154. The number of aromatic hydroxyl groups is 1. The molecule has 0 bridgehead atoms. The molecule has 0 saturated heterocycles. The first-order valence-electron chi connectivity index (χ1n) is 5.80. The summed E-state index contributed by atoms with van der Waals surface area (Å²) in [7, 11) is -2.22. The highest BCUT2D eigenvalue weighted by molar-refractivity contribution is 7.85. The van der Waals surface area contributed by atoms with Crippen molar-refractivity contribution in [2.75, 3.05) is 14.2 Å². The Morgan fingerprint density at radius 2 is 1.95 bits per heavy atom. The normalized spacial score (nSPS) is 11.2. The minimum Gasteiger partial charge on any atom is -0.744 e. The molecular formula is C13H13NO6S. The number of hydrogen-bond acceptors (Lipinski definition) is 6. The first-order chi connectivity index (χ1) is 9.88. The van der Waals surface area contributed by atoms with E-state index in [0.717, 1.165) is 6.07 Å². The highest BCUT2D eigenvalue weighted by Gasteiger charge is 2.21. The second-order valence-corrected chi connectivity index (χ2v) is 5.44. The third kappa shape index (κ3) is 2.91. The first-order valence-corrected chi connectivity index (χ1v) is 7.21. The van der Waals surface area contributed by atoms with Gasteiger partial charge in [0.05, 0.1) is 19.8 Å². The van der Waals surface area contributed by atoms with Crippen molar-refractivity contribution in [1.29, 1.82) is 0 Å². The van der Waals surface area contributed by atoms with Crippen molar-refractivity contribution < 1.29 is 32.5 Å². The van der Waals surface area contributed by atoms with Gasteiger partial charge < -0.3 is 19.1 Å². The maximum Gasteiger partial charge on any atom is 0.253 e. The Kier molecular flexibility index (Phi) is 4.01. The van der Waals surface area contributed by atoms with Crippen molar-refractivity contribution in [3.8, 4) is 28.5 Å². The Bertz CT molecular complexity index is 772. The third-order valence-electron chi connectivity index (χ3n) is 2.84. The highest BCUT2D eigenvalue weighted by atomic mass is 32.2. The summed E-state index contributed by atoms with van der Waals surface area (Å²) in [6.07, 6.45) is 1.55. The lowest BCUT2D eigenvalue weighted by molar-refractivity contribution is -0.365. The van der Waals surface area contributed by atoms with Gasteiger partial charge >= 0.3 is 0 Å². The largest absolute Gasteiger partial charge is 0.744 e. The van der Waals surface area contributed by atoms with Crippen LogP contribution in [0.1, 0.15) is 0 Å². The summed E-state index contributed by atoms with van der Waals surface area (Å²) in [5.74, 6) is -0.202. The molecule has 0 fully saturated rings. The lowest BCUT2D eigenvalue weighted by Crippen LogP contribution is -2.08. The molecule has 112 valence electrons. The lowest BCUT2D eigenvalue weighted by atomic mass is 10.1. The number of nitrogens with one attached hydrogen (secondary N) is 1. The molecule has 0 aliphatic carbocycles. The van der Waals surface area contributed by atoms with Gasteiger partial charge in [0.2, 0.25) is 0 Å². The zero-order valence-electron chi connectivity index (χ0n) is 11.3. The zero-order valence-corrected chi connectivity index (χ0v) is 12.1. The second kappa shape index (κ2) is 5.58. The monoisotopic (exact) mass is 311 g/mol. The van der Waals surface area contributed by atoms with Crippen molar-refractivity contribution in [3.63, 3.8) is 0 Å². The highest BCUT2D eigenvalue weighted by Crippen LogP contribution is 2.39. The van der Waals surface area contributed by atoms with E-state index in [1.165, 1.54) is 26.4 Å². The summed E-state index contributed by atoms with van der Waals surface area (Å²) in [5.41, 5.74) is 0.531. The molecule has 2 aromatic rings. The number of pyridine rings is 1. The van der Waals surface area contributed by atoms with Crippen LogP contribution in [0.5, 0.6) is 17.2 Å². The quantitative estimate of drug-likeness (QED) is 0.836. The number of rotatable bonds is 4. The van der Waals surface area contributed by atoms with E-state index in [0.29, 0.717) is 0 Å². The van der Waals surface area contributed by atoms with Crippen molar-refractivity contribution in [3.05, 3.63) is 30.5 Å². The minimum atomic E-state index is -4.77. The van der Waals surface area contributed by atoms with Gasteiger partial charge in [-0.25, -0.2) is 13.4 Å². The summed E-state index contributed by atoms with van der Waals surface area (Å²) in [6.45, 7) is 0. The van der Waals surface area contributed by atoms with Crippen molar-refractivity contribution in [2.45, 2.75) is 4.90 Å². The second-order valence-electron chi connectivity index (χ2n) is 4.09. The molecule has 0 aliphatic rings. The van der Waals surface area contributed by atoms with Gasteiger partial charge in [0, 0.05) is 6.07 Å². The minimum absolute atomic E-state index is 0.0704. The Morgan fingerprint density at radius 3 is 2.48 bits per heavy atom. The Balaban J connectivity index is 2.79. The van der Waals surface area contributed by atoms with Crippen molar-refractivity contribution in [1.82, 2.24) is 0 Å². The summed E-state index contributed by atoms with van der Waals surface area (Å²) < 4.78 is 44.1. The molecule has 1 heterocycles. The summed E-state index contributed by atoms with van der Waals surface area (Å²) in [4.78, 5) is 2.22. The predicted molar refractivity (Wildman–Crippen MR) is 71.2 cm³/mol. The van der Waals surface area contributed by atoms with Gasteiger partial charge in [-0.05, 0) is 18.2 Å². The van der Waals surface area contributed by atoms with Gasteiger partial charge in [-0.1, -0.05) is 0 Å². The van der Waals surface area contributed by atoms with Gasteiger partial charge in [-0.15, -0.1) is 0 Å². The van der Waals surface area contributed by atoms with E-state index in [1.54, 1.807) is 12.3 Å². The predicted octanol–water partition coefficient (Wildman–Crippen LogP) is 0.795. The summed E-state index contributed by atoms with van der Waals surface area (Å²) in [5, 5.41) is 9.82. The molecule has 0 radical (unpaired) electrons. The number of methoxy groups -OCH3 is 2. The zero-order chi connectivity index (χ0) is 15.6. The van der Waals surface area contributed by atoms with Crippen LogP contribution in [0.3, 0.4) is 0 Å². The molecular weight excluding hydrogens is 298 g/mol. The van der Waals surface area contributed by atoms with Gasteiger partial charge in [-0.2, -0.15) is 0 Å². The number of benzene rings is 1. The number of hydrogen-bond donors (Lipinski definition) is 1. The van der Waals surface area contributed by atoms with Gasteiger partial charge in [-0.3, -0.25) is 0 Å². The molecule has 0 saturated carbocycles. The fourth-order valence-electron chi connectivity index (χ4n) is 1.92. The van der Waals surface area contributed by atoms with E-state index >= 15 is 0 Å². The molecule has 21 heavy (non-hydrogen) atoms.